The average molecular weight is 323 g/mol. The summed E-state index contributed by atoms with van der Waals surface area (Å²) in [6.45, 7) is 0. The standard InChI is InChI=1S/C19H21N3O2/c20-19(24)22-17(11-13-5-2-1-3-6-13)18(23)21-16-10-9-14-7-4-8-15(14)12-16/h1-3,5-6,9-10,12,17H,4,7-8,11H2,(H,21,23)(H3,20,22,24)/t17-/m0/s1. The van der Waals surface area contributed by atoms with E-state index in [0.29, 0.717) is 6.42 Å². The minimum Gasteiger partial charge on any atom is -0.352 e. The Bertz CT molecular complexity index is 744. The van der Waals surface area contributed by atoms with Crippen LogP contribution in [0, 0.1) is 0 Å². The van der Waals surface area contributed by atoms with Gasteiger partial charge in [-0.2, -0.15) is 0 Å². The zero-order chi connectivity index (χ0) is 16.9. The predicted octanol–water partition coefficient (Wildman–Crippen LogP) is 2.39. The molecule has 5 nitrogen and oxygen atoms in total. The van der Waals surface area contributed by atoms with Gasteiger partial charge in [0.15, 0.2) is 0 Å². The van der Waals surface area contributed by atoms with Crippen LogP contribution in [-0.2, 0) is 24.1 Å². The van der Waals surface area contributed by atoms with E-state index in [4.69, 9.17) is 5.73 Å². The summed E-state index contributed by atoms with van der Waals surface area (Å²) in [6.07, 6.45) is 3.70. The third-order valence-corrected chi connectivity index (χ3v) is 4.28. The first-order valence-electron chi connectivity index (χ1n) is 8.14. The Kier molecular flexibility index (Phi) is 4.79. The zero-order valence-electron chi connectivity index (χ0n) is 13.4. The van der Waals surface area contributed by atoms with Gasteiger partial charge in [-0.05, 0) is 48.1 Å². The maximum absolute atomic E-state index is 12.6. The van der Waals surface area contributed by atoms with Crippen molar-refractivity contribution in [3.8, 4) is 0 Å². The molecule has 0 saturated carbocycles. The molecular formula is C19H21N3O2. The Labute approximate surface area is 141 Å². The number of rotatable bonds is 5. The van der Waals surface area contributed by atoms with E-state index in [9.17, 15) is 9.59 Å². The fraction of sp³-hybridized carbons (Fsp3) is 0.263. The fourth-order valence-electron chi connectivity index (χ4n) is 3.11. The Hall–Kier alpha value is -2.82. The van der Waals surface area contributed by atoms with Crippen LogP contribution in [0.2, 0.25) is 0 Å². The highest BCUT2D eigenvalue weighted by molar-refractivity contribution is 5.97. The number of fused-ring (bicyclic) bond motifs is 1. The Balaban J connectivity index is 1.72. The fourth-order valence-corrected chi connectivity index (χ4v) is 3.11. The number of urea groups is 1. The summed E-state index contributed by atoms with van der Waals surface area (Å²) in [6, 6.07) is 14.1. The number of carbonyl (C=O) groups excluding carboxylic acids is 2. The predicted molar refractivity (Wildman–Crippen MR) is 93.7 cm³/mol. The largest absolute Gasteiger partial charge is 0.352 e. The van der Waals surface area contributed by atoms with Crippen LogP contribution in [0.15, 0.2) is 48.5 Å². The van der Waals surface area contributed by atoms with Gasteiger partial charge in [-0.3, -0.25) is 4.79 Å². The molecule has 0 aromatic heterocycles. The van der Waals surface area contributed by atoms with Crippen LogP contribution in [0.4, 0.5) is 10.5 Å². The molecule has 0 fully saturated rings. The molecule has 1 aliphatic rings. The van der Waals surface area contributed by atoms with Crippen molar-refractivity contribution >= 4 is 17.6 Å². The van der Waals surface area contributed by atoms with Gasteiger partial charge in [-0.25, -0.2) is 4.79 Å². The summed E-state index contributed by atoms with van der Waals surface area (Å²) in [5.41, 5.74) is 9.57. The lowest BCUT2D eigenvalue weighted by Crippen LogP contribution is -2.47. The van der Waals surface area contributed by atoms with Gasteiger partial charge in [0.05, 0.1) is 0 Å². The lowest BCUT2D eigenvalue weighted by molar-refractivity contribution is -0.117. The maximum atomic E-state index is 12.6. The number of primary amides is 1. The summed E-state index contributed by atoms with van der Waals surface area (Å²) >= 11 is 0. The lowest BCUT2D eigenvalue weighted by Gasteiger charge is -2.18. The molecule has 5 heteroatoms. The van der Waals surface area contributed by atoms with Gasteiger partial charge >= 0.3 is 6.03 Å². The van der Waals surface area contributed by atoms with Crippen LogP contribution in [-0.4, -0.2) is 18.0 Å². The van der Waals surface area contributed by atoms with Crippen molar-refractivity contribution < 1.29 is 9.59 Å². The third-order valence-electron chi connectivity index (χ3n) is 4.28. The van der Waals surface area contributed by atoms with Crippen LogP contribution in [0.5, 0.6) is 0 Å². The topological polar surface area (TPSA) is 84.2 Å². The third kappa shape index (κ3) is 3.93. The minimum atomic E-state index is -0.710. The molecule has 2 aromatic rings. The summed E-state index contributed by atoms with van der Waals surface area (Å²) in [5.74, 6) is -0.268. The van der Waals surface area contributed by atoms with Crippen molar-refractivity contribution in [3.63, 3.8) is 0 Å². The number of nitrogens with two attached hydrogens (primary N) is 1. The van der Waals surface area contributed by atoms with Gasteiger partial charge in [-0.15, -0.1) is 0 Å². The van der Waals surface area contributed by atoms with E-state index in [0.717, 1.165) is 30.5 Å². The number of hydrogen-bond donors (Lipinski definition) is 3. The van der Waals surface area contributed by atoms with Gasteiger partial charge in [0.25, 0.3) is 0 Å². The van der Waals surface area contributed by atoms with E-state index < -0.39 is 12.1 Å². The molecule has 3 rings (SSSR count). The van der Waals surface area contributed by atoms with Gasteiger partial charge in [0, 0.05) is 12.1 Å². The molecule has 24 heavy (non-hydrogen) atoms. The normalized spacial score (nSPS) is 13.8. The molecule has 0 aliphatic heterocycles. The monoisotopic (exact) mass is 323 g/mol. The van der Waals surface area contributed by atoms with Gasteiger partial charge in [0.1, 0.15) is 6.04 Å². The zero-order valence-corrected chi connectivity index (χ0v) is 13.4. The molecule has 1 atom stereocenters. The maximum Gasteiger partial charge on any atom is 0.312 e. The van der Waals surface area contributed by atoms with E-state index in [2.05, 4.69) is 16.7 Å². The average Bonchev–Trinajstić information content (AvgIpc) is 3.02. The number of hydrogen-bond acceptors (Lipinski definition) is 2. The number of benzene rings is 2. The molecule has 2 aromatic carbocycles. The van der Waals surface area contributed by atoms with Crippen LogP contribution in [0.3, 0.4) is 0 Å². The van der Waals surface area contributed by atoms with Crippen LogP contribution >= 0.6 is 0 Å². The number of carbonyl (C=O) groups is 2. The molecule has 0 radical (unpaired) electrons. The minimum absolute atomic E-state index is 0.268. The highest BCUT2D eigenvalue weighted by Gasteiger charge is 2.21. The van der Waals surface area contributed by atoms with Crippen molar-refractivity contribution in [2.75, 3.05) is 5.32 Å². The first-order valence-corrected chi connectivity index (χ1v) is 8.14. The van der Waals surface area contributed by atoms with Crippen LogP contribution < -0.4 is 16.4 Å². The molecule has 3 amide bonds. The van der Waals surface area contributed by atoms with E-state index in [1.807, 2.05) is 42.5 Å². The van der Waals surface area contributed by atoms with Crippen molar-refractivity contribution in [1.29, 1.82) is 0 Å². The van der Waals surface area contributed by atoms with Crippen molar-refractivity contribution in [3.05, 3.63) is 65.2 Å². The summed E-state index contributed by atoms with van der Waals surface area (Å²) < 4.78 is 0. The van der Waals surface area contributed by atoms with E-state index in [1.165, 1.54) is 11.1 Å². The SMILES string of the molecule is NC(=O)N[C@@H](Cc1ccccc1)C(=O)Nc1ccc2c(c1)CCC2. The van der Waals surface area contributed by atoms with Crippen LogP contribution in [0.1, 0.15) is 23.1 Å². The lowest BCUT2D eigenvalue weighted by atomic mass is 10.0. The van der Waals surface area contributed by atoms with Gasteiger partial charge < -0.3 is 16.4 Å². The summed E-state index contributed by atoms with van der Waals surface area (Å²) in [5, 5.41) is 5.42. The van der Waals surface area contributed by atoms with E-state index in [-0.39, 0.29) is 5.91 Å². The Morgan fingerprint density at radius 1 is 1.04 bits per heavy atom. The number of amides is 3. The highest BCUT2D eigenvalue weighted by Crippen LogP contribution is 2.25. The molecule has 124 valence electrons. The summed E-state index contributed by atoms with van der Waals surface area (Å²) in [7, 11) is 0. The van der Waals surface area contributed by atoms with Gasteiger partial charge in [0.2, 0.25) is 5.91 Å². The Morgan fingerprint density at radius 3 is 2.54 bits per heavy atom. The molecule has 0 heterocycles. The number of anilines is 1. The molecule has 4 N–H and O–H groups in total. The second-order valence-electron chi connectivity index (χ2n) is 6.08. The number of aryl methyl sites for hydroxylation is 2. The summed E-state index contributed by atoms with van der Waals surface area (Å²) in [4.78, 5) is 23.8. The second-order valence-corrected chi connectivity index (χ2v) is 6.08. The van der Waals surface area contributed by atoms with Crippen molar-refractivity contribution in [1.82, 2.24) is 5.32 Å². The smallest absolute Gasteiger partial charge is 0.312 e. The number of nitrogens with one attached hydrogen (secondary N) is 2. The molecule has 0 spiro atoms. The highest BCUT2D eigenvalue weighted by atomic mass is 16.2. The first kappa shape index (κ1) is 16.1. The first-order chi connectivity index (χ1) is 11.6. The van der Waals surface area contributed by atoms with E-state index in [1.54, 1.807) is 0 Å². The molecule has 0 bridgehead atoms. The van der Waals surface area contributed by atoms with Crippen molar-refractivity contribution in [2.45, 2.75) is 31.7 Å². The molecule has 0 unspecified atom stereocenters. The Morgan fingerprint density at radius 2 is 1.79 bits per heavy atom. The van der Waals surface area contributed by atoms with Gasteiger partial charge in [-0.1, -0.05) is 36.4 Å². The van der Waals surface area contributed by atoms with E-state index >= 15 is 0 Å². The second kappa shape index (κ2) is 7.17. The van der Waals surface area contributed by atoms with Crippen LogP contribution in [0.25, 0.3) is 0 Å². The van der Waals surface area contributed by atoms with Crippen molar-refractivity contribution in [2.24, 2.45) is 5.73 Å². The molecular weight excluding hydrogens is 302 g/mol. The quantitative estimate of drug-likeness (QED) is 0.789. The molecule has 1 aliphatic carbocycles. The molecule has 0 saturated heterocycles.